The van der Waals surface area contributed by atoms with Gasteiger partial charge in [0.1, 0.15) is 6.61 Å². The van der Waals surface area contributed by atoms with Gasteiger partial charge in [0, 0.05) is 12.2 Å². The first-order valence-corrected chi connectivity index (χ1v) is 7.04. The van der Waals surface area contributed by atoms with Gasteiger partial charge in [0.25, 0.3) is 5.91 Å². The molecule has 4 nitrogen and oxygen atoms in total. The molecule has 1 rings (SSSR count). The molecular weight excluding hydrogens is 252 g/mol. The van der Waals surface area contributed by atoms with Crippen LogP contribution in [0.5, 0.6) is 0 Å². The molecule has 0 atom stereocenters. The number of hydrogen-bond donors (Lipinski definition) is 1. The Bertz CT molecular complexity index is 421. The van der Waals surface area contributed by atoms with Gasteiger partial charge in [-0.3, -0.25) is 4.79 Å². The highest BCUT2D eigenvalue weighted by Gasteiger charge is 2.19. The number of aryl methyl sites for hydroxylation is 1. The Morgan fingerprint density at radius 3 is 2.35 bits per heavy atom. The van der Waals surface area contributed by atoms with Crippen molar-refractivity contribution in [3.05, 3.63) is 29.8 Å². The van der Waals surface area contributed by atoms with E-state index in [1.54, 1.807) is 4.90 Å². The summed E-state index contributed by atoms with van der Waals surface area (Å²) < 4.78 is 5.57. The van der Waals surface area contributed by atoms with E-state index in [-0.39, 0.29) is 18.1 Å². The van der Waals surface area contributed by atoms with Crippen molar-refractivity contribution in [2.45, 2.75) is 39.7 Å². The Morgan fingerprint density at radius 1 is 1.25 bits per heavy atom. The van der Waals surface area contributed by atoms with Gasteiger partial charge < -0.3 is 15.4 Å². The van der Waals surface area contributed by atoms with E-state index in [0.717, 1.165) is 12.1 Å². The van der Waals surface area contributed by atoms with E-state index in [2.05, 4.69) is 0 Å². The summed E-state index contributed by atoms with van der Waals surface area (Å²) in [6.07, 6.45) is 0.773. The minimum Gasteiger partial charge on any atom is -0.366 e. The molecule has 0 bridgehead atoms. The Hall–Kier alpha value is -1.39. The number of benzene rings is 1. The molecule has 0 fully saturated rings. The molecule has 1 amide bonds. The smallest absolute Gasteiger partial charge is 0.253 e. The number of anilines is 1. The van der Waals surface area contributed by atoms with Crippen molar-refractivity contribution in [1.29, 1.82) is 0 Å². The van der Waals surface area contributed by atoms with E-state index in [1.807, 2.05) is 52.0 Å². The Labute approximate surface area is 121 Å². The van der Waals surface area contributed by atoms with Crippen LogP contribution in [-0.4, -0.2) is 31.2 Å². The summed E-state index contributed by atoms with van der Waals surface area (Å²) in [5.41, 5.74) is 7.30. The summed E-state index contributed by atoms with van der Waals surface area (Å²) >= 11 is 0. The molecule has 0 aliphatic heterocycles. The van der Waals surface area contributed by atoms with Gasteiger partial charge in [-0.25, -0.2) is 0 Å². The second-order valence-corrected chi connectivity index (χ2v) is 5.92. The van der Waals surface area contributed by atoms with Gasteiger partial charge in [0.15, 0.2) is 0 Å². The normalized spacial score (nSPS) is 11.4. The first-order chi connectivity index (χ1) is 9.33. The molecule has 0 radical (unpaired) electrons. The van der Waals surface area contributed by atoms with Crippen LogP contribution in [0.3, 0.4) is 0 Å². The van der Waals surface area contributed by atoms with E-state index < -0.39 is 0 Å². The van der Waals surface area contributed by atoms with Crippen LogP contribution in [0.25, 0.3) is 0 Å². The second kappa shape index (κ2) is 7.41. The van der Waals surface area contributed by atoms with Gasteiger partial charge in [0.05, 0.1) is 5.60 Å². The zero-order chi connectivity index (χ0) is 15.2. The van der Waals surface area contributed by atoms with Crippen molar-refractivity contribution in [2.24, 2.45) is 5.73 Å². The van der Waals surface area contributed by atoms with Crippen molar-refractivity contribution in [3.63, 3.8) is 0 Å². The van der Waals surface area contributed by atoms with Crippen molar-refractivity contribution >= 4 is 11.6 Å². The van der Waals surface area contributed by atoms with Gasteiger partial charge in [-0.15, -0.1) is 0 Å². The zero-order valence-electron chi connectivity index (χ0n) is 13.0. The lowest BCUT2D eigenvalue weighted by Crippen LogP contribution is -2.37. The average Bonchev–Trinajstić information content (AvgIpc) is 2.38. The molecule has 0 aliphatic rings. The summed E-state index contributed by atoms with van der Waals surface area (Å²) in [6.45, 7) is 9.12. The van der Waals surface area contributed by atoms with Gasteiger partial charge in [-0.1, -0.05) is 17.7 Å². The average molecular weight is 278 g/mol. The second-order valence-electron chi connectivity index (χ2n) is 5.92. The number of carbonyl (C=O) groups excluding carboxylic acids is 1. The highest BCUT2D eigenvalue weighted by atomic mass is 16.5. The lowest BCUT2D eigenvalue weighted by molar-refractivity contribution is -0.127. The van der Waals surface area contributed by atoms with E-state index in [9.17, 15) is 4.79 Å². The molecule has 4 heteroatoms. The fourth-order valence-electron chi connectivity index (χ4n) is 1.73. The van der Waals surface area contributed by atoms with Crippen LogP contribution in [0.4, 0.5) is 5.69 Å². The van der Waals surface area contributed by atoms with E-state index in [1.165, 1.54) is 5.56 Å². The van der Waals surface area contributed by atoms with Crippen LogP contribution in [0.1, 0.15) is 32.8 Å². The molecule has 0 saturated heterocycles. The first-order valence-electron chi connectivity index (χ1n) is 7.04. The predicted molar refractivity (Wildman–Crippen MR) is 82.9 cm³/mol. The highest BCUT2D eigenvalue weighted by Crippen LogP contribution is 2.17. The molecular formula is C16H26N2O2. The van der Waals surface area contributed by atoms with Crippen LogP contribution in [-0.2, 0) is 9.53 Å². The number of nitrogens with zero attached hydrogens (tertiary/aromatic N) is 1. The summed E-state index contributed by atoms with van der Waals surface area (Å²) in [6, 6.07) is 7.92. The first kappa shape index (κ1) is 16.7. The summed E-state index contributed by atoms with van der Waals surface area (Å²) in [5.74, 6) is -0.0303. The van der Waals surface area contributed by atoms with Gasteiger partial charge in [-0.2, -0.15) is 0 Å². The number of amides is 1. The maximum absolute atomic E-state index is 12.3. The number of nitrogens with two attached hydrogens (primary N) is 1. The Morgan fingerprint density at radius 2 is 1.85 bits per heavy atom. The predicted octanol–water partition coefficient (Wildman–Crippen LogP) is 2.49. The van der Waals surface area contributed by atoms with E-state index in [4.69, 9.17) is 10.5 Å². The zero-order valence-corrected chi connectivity index (χ0v) is 13.0. The van der Waals surface area contributed by atoms with E-state index >= 15 is 0 Å². The SMILES string of the molecule is Cc1ccc(N(CCCN)C(=O)COC(C)(C)C)cc1. The van der Waals surface area contributed by atoms with Gasteiger partial charge >= 0.3 is 0 Å². The largest absolute Gasteiger partial charge is 0.366 e. The van der Waals surface area contributed by atoms with Gasteiger partial charge in [-0.05, 0) is 52.8 Å². The molecule has 2 N–H and O–H groups in total. The third-order valence-electron chi connectivity index (χ3n) is 2.86. The fourth-order valence-corrected chi connectivity index (χ4v) is 1.73. The van der Waals surface area contributed by atoms with Crippen LogP contribution in [0.2, 0.25) is 0 Å². The van der Waals surface area contributed by atoms with Crippen LogP contribution >= 0.6 is 0 Å². The van der Waals surface area contributed by atoms with Crippen molar-refractivity contribution in [3.8, 4) is 0 Å². The molecule has 0 heterocycles. The van der Waals surface area contributed by atoms with Crippen molar-refractivity contribution in [2.75, 3.05) is 24.6 Å². The van der Waals surface area contributed by atoms with Gasteiger partial charge in [0.2, 0.25) is 0 Å². The maximum Gasteiger partial charge on any atom is 0.253 e. The molecule has 20 heavy (non-hydrogen) atoms. The van der Waals surface area contributed by atoms with Crippen molar-refractivity contribution in [1.82, 2.24) is 0 Å². The topological polar surface area (TPSA) is 55.6 Å². The minimum atomic E-state index is -0.317. The lowest BCUT2D eigenvalue weighted by Gasteiger charge is -2.25. The standard InChI is InChI=1S/C16H26N2O2/c1-13-6-8-14(9-7-13)18(11-5-10-17)15(19)12-20-16(2,3)4/h6-9H,5,10-12,17H2,1-4H3. The highest BCUT2D eigenvalue weighted by molar-refractivity contribution is 5.94. The molecule has 0 aliphatic carbocycles. The molecule has 1 aromatic rings. The summed E-state index contributed by atoms with van der Waals surface area (Å²) in [7, 11) is 0. The molecule has 1 aromatic carbocycles. The Kier molecular flexibility index (Phi) is 6.17. The molecule has 0 aromatic heterocycles. The number of ether oxygens (including phenoxy) is 1. The summed E-state index contributed by atoms with van der Waals surface area (Å²) in [4.78, 5) is 14.1. The minimum absolute atomic E-state index is 0.0303. The summed E-state index contributed by atoms with van der Waals surface area (Å²) in [5, 5.41) is 0. The maximum atomic E-state index is 12.3. The third-order valence-corrected chi connectivity index (χ3v) is 2.86. The molecule has 112 valence electrons. The molecule has 0 saturated carbocycles. The fraction of sp³-hybridized carbons (Fsp3) is 0.562. The molecule has 0 unspecified atom stereocenters. The van der Waals surface area contributed by atoms with Crippen molar-refractivity contribution < 1.29 is 9.53 Å². The monoisotopic (exact) mass is 278 g/mol. The Balaban J connectivity index is 2.77. The quantitative estimate of drug-likeness (QED) is 0.870. The number of carbonyl (C=O) groups is 1. The lowest BCUT2D eigenvalue weighted by atomic mass is 10.2. The van der Waals surface area contributed by atoms with E-state index in [0.29, 0.717) is 13.1 Å². The third kappa shape index (κ3) is 5.72. The number of hydrogen-bond acceptors (Lipinski definition) is 3. The van der Waals surface area contributed by atoms with Crippen LogP contribution < -0.4 is 10.6 Å². The number of rotatable bonds is 6. The van der Waals surface area contributed by atoms with Crippen LogP contribution in [0, 0.1) is 6.92 Å². The van der Waals surface area contributed by atoms with Crippen LogP contribution in [0.15, 0.2) is 24.3 Å². The molecule has 0 spiro atoms.